The number of benzene rings is 1. The van der Waals surface area contributed by atoms with Crippen LogP contribution in [-0.4, -0.2) is 59.9 Å². The van der Waals surface area contributed by atoms with Gasteiger partial charge in [0.2, 0.25) is 11.8 Å². The molecule has 3 rings (SSSR count). The maximum Gasteiger partial charge on any atom is 0.321 e. The molecule has 0 radical (unpaired) electrons. The molecule has 1 aromatic carbocycles. The summed E-state index contributed by atoms with van der Waals surface area (Å²) in [6, 6.07) is 6.38. The molecule has 0 aromatic heterocycles. The number of carbonyl (C=O) groups is 3. The van der Waals surface area contributed by atoms with Gasteiger partial charge in [0.05, 0.1) is 0 Å². The smallest absolute Gasteiger partial charge is 0.321 e. The fourth-order valence-corrected chi connectivity index (χ4v) is 4.69. The van der Waals surface area contributed by atoms with Crippen molar-refractivity contribution in [3.05, 3.63) is 29.3 Å². The molecule has 2 aliphatic rings. The molecule has 2 aliphatic heterocycles. The van der Waals surface area contributed by atoms with Crippen molar-refractivity contribution in [3.8, 4) is 0 Å². The van der Waals surface area contributed by atoms with Gasteiger partial charge in [0.15, 0.2) is 0 Å². The average Bonchev–Trinajstić information content (AvgIpc) is 2.77. The van der Waals surface area contributed by atoms with Gasteiger partial charge in [-0.1, -0.05) is 31.5 Å². The third-order valence-corrected chi connectivity index (χ3v) is 6.45. The molecule has 0 saturated carbocycles. The van der Waals surface area contributed by atoms with E-state index >= 15 is 0 Å². The van der Waals surface area contributed by atoms with Crippen LogP contribution >= 0.6 is 11.6 Å². The van der Waals surface area contributed by atoms with Gasteiger partial charge in [-0.2, -0.15) is 0 Å². The number of halogens is 1. The van der Waals surface area contributed by atoms with Gasteiger partial charge in [-0.3, -0.25) is 9.59 Å². The first-order valence-electron chi connectivity index (χ1n) is 11.7. The maximum absolute atomic E-state index is 13.3. The zero-order valence-corrected chi connectivity index (χ0v) is 19.9. The summed E-state index contributed by atoms with van der Waals surface area (Å²) in [6.45, 7) is 6.60. The van der Waals surface area contributed by atoms with E-state index in [1.807, 2.05) is 18.7 Å². The van der Waals surface area contributed by atoms with Crippen molar-refractivity contribution < 1.29 is 14.4 Å². The number of carbonyl (C=O) groups excluding carboxylic acids is 3. The Morgan fingerprint density at radius 1 is 1.03 bits per heavy atom. The van der Waals surface area contributed by atoms with Crippen LogP contribution in [0.4, 0.5) is 10.5 Å². The van der Waals surface area contributed by atoms with Crippen molar-refractivity contribution in [3.63, 3.8) is 0 Å². The monoisotopic (exact) mass is 462 g/mol. The van der Waals surface area contributed by atoms with Crippen LogP contribution in [0.2, 0.25) is 5.02 Å². The van der Waals surface area contributed by atoms with Gasteiger partial charge in [-0.15, -0.1) is 0 Å². The van der Waals surface area contributed by atoms with Gasteiger partial charge < -0.3 is 20.4 Å². The van der Waals surface area contributed by atoms with Crippen LogP contribution in [0.1, 0.15) is 52.4 Å². The number of likely N-dealkylation sites (tertiary alicyclic amines) is 2. The lowest BCUT2D eigenvalue weighted by atomic mass is 9.88. The first-order valence-corrected chi connectivity index (χ1v) is 12.1. The second kappa shape index (κ2) is 11.5. The molecule has 0 aliphatic carbocycles. The third-order valence-electron chi connectivity index (χ3n) is 6.22. The van der Waals surface area contributed by atoms with Crippen molar-refractivity contribution in [1.82, 2.24) is 15.1 Å². The highest BCUT2D eigenvalue weighted by Crippen LogP contribution is 2.25. The lowest BCUT2D eigenvalue weighted by Gasteiger charge is -2.38. The second-order valence-electron chi connectivity index (χ2n) is 9.29. The van der Waals surface area contributed by atoms with E-state index in [0.717, 1.165) is 32.4 Å². The summed E-state index contributed by atoms with van der Waals surface area (Å²) in [5, 5.41) is 6.49. The Morgan fingerprint density at radius 2 is 1.72 bits per heavy atom. The Hall–Kier alpha value is -2.28. The summed E-state index contributed by atoms with van der Waals surface area (Å²) in [7, 11) is 0. The highest BCUT2D eigenvalue weighted by molar-refractivity contribution is 6.30. The molecule has 1 aromatic rings. The fraction of sp³-hybridized carbons (Fsp3) is 0.625. The second-order valence-corrected chi connectivity index (χ2v) is 9.73. The standard InChI is InChI=1S/C24H35ClN4O3/c1-17(2)15-21(30)27-22(23(31)28-11-4-3-5-12-28)18-9-13-29(14-10-18)24(32)26-20-8-6-7-19(25)16-20/h6-8,16-18,22H,3-5,9-15H2,1-2H3,(H,26,32)(H,27,30)/t22-/m1/s1. The Bertz CT molecular complexity index is 802. The largest absolute Gasteiger partial charge is 0.344 e. The van der Waals surface area contributed by atoms with Gasteiger partial charge in [0.1, 0.15) is 6.04 Å². The SMILES string of the molecule is CC(C)CC(=O)N[C@@H](C(=O)N1CCCCC1)C1CCN(C(=O)Nc2cccc(Cl)c2)CC1. The molecule has 8 heteroatoms. The number of nitrogens with one attached hydrogen (secondary N) is 2. The number of piperidine rings is 2. The molecule has 0 unspecified atom stereocenters. The molecule has 2 N–H and O–H groups in total. The summed E-state index contributed by atoms with van der Waals surface area (Å²) < 4.78 is 0. The number of nitrogens with zero attached hydrogens (tertiary/aromatic N) is 2. The number of hydrogen-bond donors (Lipinski definition) is 2. The number of urea groups is 1. The maximum atomic E-state index is 13.3. The molecular weight excluding hydrogens is 428 g/mol. The Kier molecular flexibility index (Phi) is 8.79. The molecule has 1 atom stereocenters. The molecule has 32 heavy (non-hydrogen) atoms. The van der Waals surface area contributed by atoms with Crippen molar-refractivity contribution >= 4 is 35.1 Å². The predicted molar refractivity (Wildman–Crippen MR) is 127 cm³/mol. The van der Waals surface area contributed by atoms with E-state index < -0.39 is 6.04 Å². The molecule has 0 bridgehead atoms. The quantitative estimate of drug-likeness (QED) is 0.666. The van der Waals surface area contributed by atoms with Crippen LogP contribution in [0, 0.1) is 11.8 Å². The normalized spacial score (nSPS) is 18.4. The van der Waals surface area contributed by atoms with E-state index in [-0.39, 0.29) is 29.7 Å². The summed E-state index contributed by atoms with van der Waals surface area (Å²) in [4.78, 5) is 42.2. The van der Waals surface area contributed by atoms with Crippen molar-refractivity contribution in [2.75, 3.05) is 31.5 Å². The van der Waals surface area contributed by atoms with Crippen LogP contribution in [-0.2, 0) is 9.59 Å². The number of amides is 4. The summed E-state index contributed by atoms with van der Waals surface area (Å²) in [5.41, 5.74) is 0.656. The fourth-order valence-electron chi connectivity index (χ4n) is 4.50. The van der Waals surface area contributed by atoms with E-state index in [4.69, 9.17) is 11.6 Å². The zero-order valence-electron chi connectivity index (χ0n) is 19.1. The van der Waals surface area contributed by atoms with Gasteiger partial charge in [0, 0.05) is 43.3 Å². The van der Waals surface area contributed by atoms with Crippen LogP contribution in [0.25, 0.3) is 0 Å². The molecule has 2 fully saturated rings. The number of rotatable bonds is 6. The first kappa shape index (κ1) is 24.4. The van der Waals surface area contributed by atoms with E-state index in [1.54, 1.807) is 29.2 Å². The summed E-state index contributed by atoms with van der Waals surface area (Å²) >= 11 is 6.00. The van der Waals surface area contributed by atoms with Crippen molar-refractivity contribution in [2.45, 2.75) is 58.4 Å². The van der Waals surface area contributed by atoms with Gasteiger partial charge in [0.25, 0.3) is 0 Å². The van der Waals surface area contributed by atoms with E-state index in [9.17, 15) is 14.4 Å². The Morgan fingerprint density at radius 3 is 2.34 bits per heavy atom. The third kappa shape index (κ3) is 6.86. The highest BCUT2D eigenvalue weighted by atomic mass is 35.5. The van der Waals surface area contributed by atoms with E-state index in [1.165, 1.54) is 0 Å². The molecule has 4 amide bonds. The van der Waals surface area contributed by atoms with Gasteiger partial charge >= 0.3 is 6.03 Å². The molecule has 7 nitrogen and oxygen atoms in total. The molecular formula is C24H35ClN4O3. The topological polar surface area (TPSA) is 81.8 Å². The lowest BCUT2D eigenvalue weighted by Crippen LogP contribution is -2.55. The van der Waals surface area contributed by atoms with Gasteiger partial charge in [-0.25, -0.2) is 4.79 Å². The zero-order chi connectivity index (χ0) is 23.1. The van der Waals surface area contributed by atoms with Crippen LogP contribution in [0.15, 0.2) is 24.3 Å². The van der Waals surface area contributed by atoms with Crippen LogP contribution in [0.5, 0.6) is 0 Å². The minimum Gasteiger partial charge on any atom is -0.344 e. The summed E-state index contributed by atoms with van der Waals surface area (Å²) in [5.74, 6) is 0.216. The van der Waals surface area contributed by atoms with Crippen LogP contribution < -0.4 is 10.6 Å². The Balaban J connectivity index is 1.61. The predicted octanol–water partition coefficient (Wildman–Crippen LogP) is 4.13. The Labute approximate surface area is 195 Å². The average molecular weight is 463 g/mol. The van der Waals surface area contributed by atoms with Crippen molar-refractivity contribution in [1.29, 1.82) is 0 Å². The molecule has 176 valence electrons. The van der Waals surface area contributed by atoms with Crippen LogP contribution in [0.3, 0.4) is 0 Å². The van der Waals surface area contributed by atoms with E-state index in [2.05, 4.69) is 10.6 Å². The highest BCUT2D eigenvalue weighted by Gasteiger charge is 2.36. The van der Waals surface area contributed by atoms with Crippen molar-refractivity contribution in [2.24, 2.45) is 11.8 Å². The summed E-state index contributed by atoms with van der Waals surface area (Å²) in [6.07, 6.45) is 4.93. The minimum absolute atomic E-state index is 0.0239. The molecule has 2 heterocycles. The molecule has 2 saturated heterocycles. The number of anilines is 1. The van der Waals surface area contributed by atoms with Gasteiger partial charge in [-0.05, 0) is 62.1 Å². The first-order chi connectivity index (χ1) is 15.3. The number of hydrogen-bond acceptors (Lipinski definition) is 3. The molecule has 0 spiro atoms. The lowest BCUT2D eigenvalue weighted by molar-refractivity contribution is -0.139. The van der Waals surface area contributed by atoms with E-state index in [0.29, 0.717) is 43.1 Å². The minimum atomic E-state index is -0.516.